The summed E-state index contributed by atoms with van der Waals surface area (Å²) in [7, 11) is 0. The van der Waals surface area contributed by atoms with Crippen LogP contribution in [0.2, 0.25) is 0 Å². The van der Waals surface area contributed by atoms with Gasteiger partial charge in [0.1, 0.15) is 23.7 Å². The average molecular weight is 606 g/mol. The summed E-state index contributed by atoms with van der Waals surface area (Å²) < 4.78 is 6.05. The van der Waals surface area contributed by atoms with Crippen molar-refractivity contribution in [2.45, 2.75) is 52.6 Å². The molecule has 45 heavy (non-hydrogen) atoms. The van der Waals surface area contributed by atoms with Gasteiger partial charge in [-0.3, -0.25) is 14.7 Å². The van der Waals surface area contributed by atoms with Crippen LogP contribution in [0.15, 0.2) is 90.0 Å². The normalized spacial score (nSPS) is 11.3. The molecule has 0 aliphatic carbocycles. The second kappa shape index (κ2) is 14.2. The van der Waals surface area contributed by atoms with Gasteiger partial charge in [-0.1, -0.05) is 45.9 Å². The number of ether oxygens (including phenoxy) is 1. The van der Waals surface area contributed by atoms with E-state index in [0.29, 0.717) is 24.1 Å². The number of nitrogens with zero attached hydrogens (tertiary/aromatic N) is 3. The number of pyridine rings is 3. The largest absolute Gasteiger partial charge is 0.487 e. The molecule has 9 nitrogen and oxygen atoms in total. The monoisotopic (exact) mass is 605 g/mol. The lowest BCUT2D eigenvalue weighted by Gasteiger charge is -2.26. The van der Waals surface area contributed by atoms with Gasteiger partial charge in [-0.05, 0) is 95.1 Å². The number of urea groups is 1. The SMILES string of the molecule is CC(C)c1cc(-c2cccc(OCc3ccccn3)c2)cc(C(C)C)c1NC(=O)N(CCCO)c1cc2cccnc2[nH]c1=O. The minimum absolute atomic E-state index is 0.0855. The standard InChI is InChI=1S/C36H39N5O4/c1-23(2)30-19-27(25-10-7-13-29(18-25)45-22-28-12-5-6-14-37-28)20-31(24(3)4)33(30)39-36(44)41(16-9-17-42)32-21-26-11-8-15-38-34(26)40-35(32)43/h5-8,10-15,18-21,23-24,42H,9,16-17,22H2,1-4H3,(H,39,44)(H,38,40,43). The minimum Gasteiger partial charge on any atom is -0.487 e. The molecule has 232 valence electrons. The molecule has 3 aromatic heterocycles. The lowest BCUT2D eigenvalue weighted by Crippen LogP contribution is -2.39. The molecular formula is C36H39N5O4. The van der Waals surface area contributed by atoms with Crippen molar-refractivity contribution in [2.24, 2.45) is 0 Å². The van der Waals surface area contributed by atoms with Gasteiger partial charge in [-0.25, -0.2) is 9.78 Å². The lowest BCUT2D eigenvalue weighted by molar-refractivity contribution is 0.254. The van der Waals surface area contributed by atoms with Crippen LogP contribution < -0.4 is 20.5 Å². The van der Waals surface area contributed by atoms with Crippen molar-refractivity contribution in [3.8, 4) is 16.9 Å². The zero-order valence-corrected chi connectivity index (χ0v) is 26.1. The number of hydrogen-bond donors (Lipinski definition) is 3. The van der Waals surface area contributed by atoms with E-state index in [1.165, 1.54) is 4.90 Å². The fourth-order valence-electron chi connectivity index (χ4n) is 5.27. The molecule has 9 heteroatoms. The number of aliphatic hydroxyl groups is 1. The summed E-state index contributed by atoms with van der Waals surface area (Å²) in [4.78, 5) is 39.8. The van der Waals surface area contributed by atoms with E-state index in [2.05, 4.69) is 60.1 Å². The molecular weight excluding hydrogens is 566 g/mol. The number of nitrogens with one attached hydrogen (secondary N) is 2. The molecule has 0 aliphatic heterocycles. The van der Waals surface area contributed by atoms with Crippen molar-refractivity contribution < 1.29 is 14.6 Å². The van der Waals surface area contributed by atoms with E-state index in [9.17, 15) is 14.7 Å². The first kappa shape index (κ1) is 31.4. The summed E-state index contributed by atoms with van der Waals surface area (Å²) in [5.41, 5.74) is 5.74. The number of fused-ring (bicyclic) bond motifs is 1. The van der Waals surface area contributed by atoms with Crippen LogP contribution in [0.25, 0.3) is 22.2 Å². The molecule has 3 heterocycles. The Bertz CT molecular complexity index is 1810. The van der Waals surface area contributed by atoms with Crippen molar-refractivity contribution >= 4 is 28.4 Å². The van der Waals surface area contributed by atoms with E-state index in [1.54, 1.807) is 24.5 Å². The Hall–Kier alpha value is -5.02. The number of amides is 2. The second-order valence-electron chi connectivity index (χ2n) is 11.6. The van der Waals surface area contributed by atoms with Crippen LogP contribution in [-0.4, -0.2) is 39.2 Å². The van der Waals surface area contributed by atoms with Crippen molar-refractivity contribution in [1.82, 2.24) is 15.0 Å². The Morgan fingerprint density at radius 2 is 1.67 bits per heavy atom. The Labute approximate surface area is 262 Å². The predicted molar refractivity (Wildman–Crippen MR) is 179 cm³/mol. The van der Waals surface area contributed by atoms with Gasteiger partial charge in [0.05, 0.1) is 5.69 Å². The quantitative estimate of drug-likeness (QED) is 0.146. The van der Waals surface area contributed by atoms with Gasteiger partial charge < -0.3 is 20.1 Å². The number of aromatic nitrogens is 3. The third-order valence-corrected chi connectivity index (χ3v) is 7.63. The van der Waals surface area contributed by atoms with Crippen LogP contribution in [0.1, 0.15) is 62.8 Å². The van der Waals surface area contributed by atoms with Gasteiger partial charge in [-0.15, -0.1) is 0 Å². The first-order chi connectivity index (χ1) is 21.7. The van der Waals surface area contributed by atoms with Gasteiger partial charge in [-0.2, -0.15) is 0 Å². The highest BCUT2D eigenvalue weighted by Crippen LogP contribution is 2.38. The summed E-state index contributed by atoms with van der Waals surface area (Å²) in [6, 6.07) is 22.7. The number of carbonyl (C=O) groups is 1. The zero-order chi connectivity index (χ0) is 31.9. The number of carbonyl (C=O) groups excluding carboxylic acids is 1. The summed E-state index contributed by atoms with van der Waals surface area (Å²) in [6.07, 6.45) is 3.66. The van der Waals surface area contributed by atoms with E-state index in [1.807, 2.05) is 48.5 Å². The number of benzene rings is 2. The maximum atomic E-state index is 14.0. The topological polar surface area (TPSA) is 120 Å². The highest BCUT2D eigenvalue weighted by atomic mass is 16.5. The van der Waals surface area contributed by atoms with Crippen LogP contribution in [0.5, 0.6) is 5.75 Å². The molecule has 0 radical (unpaired) electrons. The van der Waals surface area contributed by atoms with E-state index in [4.69, 9.17) is 4.74 Å². The van der Waals surface area contributed by atoms with E-state index < -0.39 is 11.6 Å². The van der Waals surface area contributed by atoms with Crippen molar-refractivity contribution in [3.63, 3.8) is 0 Å². The van der Waals surface area contributed by atoms with Crippen molar-refractivity contribution in [2.75, 3.05) is 23.4 Å². The van der Waals surface area contributed by atoms with Crippen molar-refractivity contribution in [1.29, 1.82) is 0 Å². The molecule has 2 aromatic carbocycles. The molecule has 0 spiro atoms. The first-order valence-corrected chi connectivity index (χ1v) is 15.2. The zero-order valence-electron chi connectivity index (χ0n) is 26.1. The predicted octanol–water partition coefficient (Wildman–Crippen LogP) is 7.23. The fourth-order valence-corrected chi connectivity index (χ4v) is 5.27. The van der Waals surface area contributed by atoms with Crippen LogP contribution in [0, 0.1) is 0 Å². The van der Waals surface area contributed by atoms with Crippen LogP contribution in [0.4, 0.5) is 16.2 Å². The maximum Gasteiger partial charge on any atom is 0.326 e. The number of rotatable bonds is 11. The highest BCUT2D eigenvalue weighted by Gasteiger charge is 2.24. The van der Waals surface area contributed by atoms with E-state index >= 15 is 0 Å². The molecule has 0 unspecified atom stereocenters. The van der Waals surface area contributed by atoms with E-state index in [-0.39, 0.29) is 30.7 Å². The maximum absolute atomic E-state index is 14.0. The highest BCUT2D eigenvalue weighted by molar-refractivity contribution is 6.03. The summed E-state index contributed by atoms with van der Waals surface area (Å²) in [5.74, 6) is 0.910. The second-order valence-corrected chi connectivity index (χ2v) is 11.6. The van der Waals surface area contributed by atoms with Crippen molar-refractivity contribution in [3.05, 3.63) is 112 Å². The van der Waals surface area contributed by atoms with Gasteiger partial charge in [0.25, 0.3) is 5.56 Å². The number of aromatic amines is 1. The molecule has 5 aromatic rings. The Balaban J connectivity index is 1.50. The van der Waals surface area contributed by atoms with Crippen LogP contribution >= 0.6 is 0 Å². The summed E-state index contributed by atoms with van der Waals surface area (Å²) in [5, 5.41) is 13.5. The molecule has 0 bridgehead atoms. The molecule has 0 saturated carbocycles. The van der Waals surface area contributed by atoms with Crippen LogP contribution in [0.3, 0.4) is 0 Å². The first-order valence-electron chi connectivity index (χ1n) is 15.2. The minimum atomic E-state index is -0.446. The summed E-state index contributed by atoms with van der Waals surface area (Å²) in [6.45, 7) is 8.78. The Morgan fingerprint density at radius 3 is 2.36 bits per heavy atom. The molecule has 0 aliphatic rings. The number of aliphatic hydroxyl groups excluding tert-OH is 1. The Morgan fingerprint density at radius 1 is 0.911 bits per heavy atom. The number of H-pyrrole nitrogens is 1. The third kappa shape index (κ3) is 7.38. The smallest absolute Gasteiger partial charge is 0.326 e. The molecule has 5 rings (SSSR count). The van der Waals surface area contributed by atoms with Gasteiger partial charge >= 0.3 is 6.03 Å². The van der Waals surface area contributed by atoms with Gasteiger partial charge in [0.15, 0.2) is 0 Å². The number of hydrogen-bond acceptors (Lipinski definition) is 6. The lowest BCUT2D eigenvalue weighted by atomic mass is 9.88. The third-order valence-electron chi connectivity index (χ3n) is 7.63. The average Bonchev–Trinajstić information content (AvgIpc) is 3.04. The fraction of sp³-hybridized carbons (Fsp3) is 0.278. The molecule has 0 fully saturated rings. The Kier molecular flexibility index (Phi) is 9.89. The molecule has 2 amide bonds. The number of anilines is 2. The van der Waals surface area contributed by atoms with Gasteiger partial charge in [0, 0.05) is 36.6 Å². The van der Waals surface area contributed by atoms with E-state index in [0.717, 1.165) is 39.4 Å². The van der Waals surface area contributed by atoms with Crippen LogP contribution in [-0.2, 0) is 6.61 Å². The molecule has 3 N–H and O–H groups in total. The summed E-state index contributed by atoms with van der Waals surface area (Å²) >= 11 is 0. The molecule has 0 atom stereocenters. The molecule has 0 saturated heterocycles. The van der Waals surface area contributed by atoms with Gasteiger partial charge in [0.2, 0.25) is 0 Å².